The monoisotopic (exact) mass is 231 g/mol. The SMILES string of the molecule is Cc1ccc(C)c2c(CCNC(C)C)coc12. The lowest BCUT2D eigenvalue weighted by Gasteiger charge is -2.07. The van der Waals surface area contributed by atoms with E-state index in [1.54, 1.807) is 0 Å². The third kappa shape index (κ3) is 2.52. The van der Waals surface area contributed by atoms with Crippen LogP contribution in [0.4, 0.5) is 0 Å². The van der Waals surface area contributed by atoms with Crippen LogP contribution in [0.5, 0.6) is 0 Å². The number of furan rings is 1. The minimum absolute atomic E-state index is 0.538. The highest BCUT2D eigenvalue weighted by Gasteiger charge is 2.10. The molecule has 2 heteroatoms. The first-order valence-corrected chi connectivity index (χ1v) is 6.29. The summed E-state index contributed by atoms with van der Waals surface area (Å²) >= 11 is 0. The van der Waals surface area contributed by atoms with Gasteiger partial charge in [0.2, 0.25) is 0 Å². The van der Waals surface area contributed by atoms with Gasteiger partial charge in [0.1, 0.15) is 5.58 Å². The van der Waals surface area contributed by atoms with E-state index in [9.17, 15) is 0 Å². The van der Waals surface area contributed by atoms with Crippen LogP contribution in [0.1, 0.15) is 30.5 Å². The average molecular weight is 231 g/mol. The highest BCUT2D eigenvalue weighted by atomic mass is 16.3. The van der Waals surface area contributed by atoms with E-state index in [0.717, 1.165) is 18.5 Å². The molecule has 1 N–H and O–H groups in total. The summed E-state index contributed by atoms with van der Waals surface area (Å²) in [7, 11) is 0. The molecule has 0 amide bonds. The Kier molecular flexibility index (Phi) is 3.53. The van der Waals surface area contributed by atoms with Crippen molar-refractivity contribution in [1.82, 2.24) is 5.32 Å². The molecular formula is C15H21NO. The van der Waals surface area contributed by atoms with E-state index in [-0.39, 0.29) is 0 Å². The Hall–Kier alpha value is -1.28. The van der Waals surface area contributed by atoms with E-state index in [1.165, 1.54) is 22.1 Å². The number of hydrogen-bond acceptors (Lipinski definition) is 2. The fourth-order valence-corrected chi connectivity index (χ4v) is 2.20. The predicted molar refractivity (Wildman–Crippen MR) is 72.5 cm³/mol. The molecule has 0 saturated heterocycles. The van der Waals surface area contributed by atoms with Gasteiger partial charge in [-0.2, -0.15) is 0 Å². The van der Waals surface area contributed by atoms with Crippen molar-refractivity contribution in [3.63, 3.8) is 0 Å². The molecule has 0 saturated carbocycles. The molecule has 0 spiro atoms. The zero-order chi connectivity index (χ0) is 12.4. The first kappa shape index (κ1) is 12.2. The molecule has 2 aromatic rings. The van der Waals surface area contributed by atoms with Crippen molar-refractivity contribution in [3.05, 3.63) is 35.1 Å². The molecule has 0 fully saturated rings. The van der Waals surface area contributed by atoms with Crippen molar-refractivity contribution in [3.8, 4) is 0 Å². The summed E-state index contributed by atoms with van der Waals surface area (Å²) in [6.07, 6.45) is 2.93. The van der Waals surface area contributed by atoms with Crippen molar-refractivity contribution >= 4 is 11.0 Å². The van der Waals surface area contributed by atoms with Crippen LogP contribution < -0.4 is 5.32 Å². The standard InChI is InChI=1S/C15H21NO/c1-10(2)16-8-7-13-9-17-15-12(4)6-5-11(3)14(13)15/h5-6,9-10,16H,7-8H2,1-4H3. The highest BCUT2D eigenvalue weighted by Crippen LogP contribution is 2.27. The Balaban J connectivity index is 2.26. The fraction of sp³-hybridized carbons (Fsp3) is 0.467. The van der Waals surface area contributed by atoms with Crippen LogP contribution >= 0.6 is 0 Å². The van der Waals surface area contributed by atoms with E-state index in [1.807, 2.05) is 6.26 Å². The number of rotatable bonds is 4. The average Bonchev–Trinajstić information content (AvgIpc) is 2.68. The maximum absolute atomic E-state index is 5.69. The molecule has 0 bridgehead atoms. The third-order valence-corrected chi connectivity index (χ3v) is 3.15. The van der Waals surface area contributed by atoms with Gasteiger partial charge >= 0.3 is 0 Å². The number of aryl methyl sites for hydroxylation is 2. The second-order valence-corrected chi connectivity index (χ2v) is 5.02. The molecule has 0 aliphatic heterocycles. The van der Waals surface area contributed by atoms with Crippen molar-refractivity contribution in [1.29, 1.82) is 0 Å². The van der Waals surface area contributed by atoms with Crippen LogP contribution in [0.15, 0.2) is 22.8 Å². The third-order valence-electron chi connectivity index (χ3n) is 3.15. The van der Waals surface area contributed by atoms with E-state index in [4.69, 9.17) is 4.42 Å². The van der Waals surface area contributed by atoms with Crippen molar-refractivity contribution in [2.45, 2.75) is 40.2 Å². The van der Waals surface area contributed by atoms with Gasteiger partial charge in [-0.05, 0) is 43.5 Å². The lowest BCUT2D eigenvalue weighted by molar-refractivity contribution is 0.580. The molecule has 0 aliphatic carbocycles. The maximum Gasteiger partial charge on any atom is 0.137 e. The quantitative estimate of drug-likeness (QED) is 0.870. The summed E-state index contributed by atoms with van der Waals surface area (Å²) in [4.78, 5) is 0. The smallest absolute Gasteiger partial charge is 0.137 e. The first-order valence-electron chi connectivity index (χ1n) is 6.29. The molecule has 92 valence electrons. The summed E-state index contributed by atoms with van der Waals surface area (Å²) in [5, 5.41) is 4.74. The van der Waals surface area contributed by atoms with Crippen LogP contribution in [-0.4, -0.2) is 12.6 Å². The number of nitrogens with one attached hydrogen (secondary N) is 1. The van der Waals surface area contributed by atoms with Gasteiger partial charge in [0.15, 0.2) is 0 Å². The Morgan fingerprint density at radius 1 is 1.18 bits per heavy atom. The Morgan fingerprint density at radius 3 is 2.59 bits per heavy atom. The Bertz CT molecular complexity index is 511. The van der Waals surface area contributed by atoms with Crippen LogP contribution in [0.3, 0.4) is 0 Å². The molecule has 0 unspecified atom stereocenters. The van der Waals surface area contributed by atoms with Crippen LogP contribution in [0.2, 0.25) is 0 Å². The molecular weight excluding hydrogens is 210 g/mol. The maximum atomic E-state index is 5.69. The predicted octanol–water partition coefficient (Wildman–Crippen LogP) is 3.59. The van der Waals surface area contributed by atoms with Gasteiger partial charge < -0.3 is 9.73 Å². The van der Waals surface area contributed by atoms with Gasteiger partial charge in [-0.15, -0.1) is 0 Å². The first-order chi connectivity index (χ1) is 8.09. The van der Waals surface area contributed by atoms with Gasteiger partial charge in [0, 0.05) is 11.4 Å². The highest BCUT2D eigenvalue weighted by molar-refractivity contribution is 5.87. The second kappa shape index (κ2) is 4.92. The molecule has 1 heterocycles. The van der Waals surface area contributed by atoms with Crippen LogP contribution in [0, 0.1) is 13.8 Å². The van der Waals surface area contributed by atoms with Crippen molar-refractivity contribution in [2.75, 3.05) is 6.54 Å². The van der Waals surface area contributed by atoms with Gasteiger partial charge in [-0.1, -0.05) is 26.0 Å². The number of hydrogen-bond donors (Lipinski definition) is 1. The summed E-state index contributed by atoms with van der Waals surface area (Å²) in [5.74, 6) is 0. The molecule has 2 nitrogen and oxygen atoms in total. The zero-order valence-electron chi connectivity index (χ0n) is 11.1. The molecule has 1 aromatic heterocycles. The summed E-state index contributed by atoms with van der Waals surface area (Å²) in [6, 6.07) is 4.83. The number of fused-ring (bicyclic) bond motifs is 1. The molecule has 0 radical (unpaired) electrons. The summed E-state index contributed by atoms with van der Waals surface area (Å²) in [6.45, 7) is 9.59. The molecule has 0 aliphatic rings. The van der Waals surface area contributed by atoms with Crippen molar-refractivity contribution < 1.29 is 4.42 Å². The lowest BCUT2D eigenvalue weighted by Crippen LogP contribution is -2.24. The van der Waals surface area contributed by atoms with Gasteiger partial charge in [-0.3, -0.25) is 0 Å². The van der Waals surface area contributed by atoms with Gasteiger partial charge in [-0.25, -0.2) is 0 Å². The minimum atomic E-state index is 0.538. The van der Waals surface area contributed by atoms with E-state index >= 15 is 0 Å². The Morgan fingerprint density at radius 2 is 1.88 bits per heavy atom. The topological polar surface area (TPSA) is 25.2 Å². The molecule has 17 heavy (non-hydrogen) atoms. The molecule has 0 atom stereocenters. The van der Waals surface area contributed by atoms with E-state index in [2.05, 4.69) is 45.1 Å². The Labute approximate surface area is 103 Å². The van der Waals surface area contributed by atoms with Crippen molar-refractivity contribution in [2.24, 2.45) is 0 Å². The largest absolute Gasteiger partial charge is 0.464 e. The molecule has 2 rings (SSSR count). The van der Waals surface area contributed by atoms with Crippen LogP contribution in [-0.2, 0) is 6.42 Å². The summed E-state index contributed by atoms with van der Waals surface area (Å²) < 4.78 is 5.69. The van der Waals surface area contributed by atoms with E-state index in [0.29, 0.717) is 6.04 Å². The summed E-state index contributed by atoms with van der Waals surface area (Å²) in [5.41, 5.74) is 4.88. The van der Waals surface area contributed by atoms with Gasteiger partial charge in [0.05, 0.1) is 6.26 Å². The minimum Gasteiger partial charge on any atom is -0.464 e. The lowest BCUT2D eigenvalue weighted by atomic mass is 10.0. The fourth-order valence-electron chi connectivity index (χ4n) is 2.20. The van der Waals surface area contributed by atoms with Gasteiger partial charge in [0.25, 0.3) is 0 Å². The zero-order valence-corrected chi connectivity index (χ0v) is 11.1. The van der Waals surface area contributed by atoms with Crippen LogP contribution in [0.25, 0.3) is 11.0 Å². The normalized spacial score (nSPS) is 11.6. The second-order valence-electron chi connectivity index (χ2n) is 5.02. The van der Waals surface area contributed by atoms with E-state index < -0.39 is 0 Å². The number of benzene rings is 1. The molecule has 1 aromatic carbocycles.